The number of sulfonamides is 1. The highest BCUT2D eigenvalue weighted by Crippen LogP contribution is 2.41. The van der Waals surface area contributed by atoms with E-state index in [1.54, 1.807) is 18.2 Å². The van der Waals surface area contributed by atoms with Crippen molar-refractivity contribution in [3.8, 4) is 11.5 Å². The maximum atomic E-state index is 13.0. The van der Waals surface area contributed by atoms with E-state index in [1.807, 2.05) is 0 Å². The zero-order chi connectivity index (χ0) is 20.8. The largest absolute Gasteiger partial charge is 0.497 e. The molecule has 2 aromatic rings. The zero-order valence-corrected chi connectivity index (χ0v) is 16.4. The Morgan fingerprint density at radius 2 is 1.93 bits per heavy atom. The highest BCUT2D eigenvalue weighted by molar-refractivity contribution is 7.89. The molecule has 2 heterocycles. The number of carboxylic acids is 1. The molecular weight excluding hydrogens is 398 g/mol. The molecule has 0 amide bonds. The second-order valence-electron chi connectivity index (χ2n) is 7.17. The molecule has 0 aliphatic carbocycles. The average molecular weight is 417 g/mol. The van der Waals surface area contributed by atoms with E-state index in [-0.39, 0.29) is 35.8 Å². The van der Waals surface area contributed by atoms with E-state index in [0.717, 1.165) is 0 Å². The second kappa shape index (κ2) is 6.85. The first-order valence-electron chi connectivity index (χ1n) is 8.98. The van der Waals surface area contributed by atoms with Crippen LogP contribution >= 0.6 is 0 Å². The van der Waals surface area contributed by atoms with Gasteiger partial charge in [0.25, 0.3) is 0 Å². The standard InChI is InChI=1S/C20H19NO7S/c1-27-14-4-7-18-16(10-14)17(22)11-20(28-18)8-9-21(12-20)29(25,26)15-5-2-13(3-6-15)19(23)24/h2-7,10H,8-9,11-12H2,1H3,(H,23,24). The maximum Gasteiger partial charge on any atom is 0.335 e. The Balaban J connectivity index is 1.58. The van der Waals surface area contributed by atoms with Crippen molar-refractivity contribution in [1.82, 2.24) is 4.31 Å². The fourth-order valence-electron chi connectivity index (χ4n) is 3.76. The summed E-state index contributed by atoms with van der Waals surface area (Å²) in [5, 5.41) is 8.98. The Morgan fingerprint density at radius 1 is 1.21 bits per heavy atom. The lowest BCUT2D eigenvalue weighted by Gasteiger charge is -2.34. The van der Waals surface area contributed by atoms with Crippen molar-refractivity contribution in [3.05, 3.63) is 53.6 Å². The molecule has 4 rings (SSSR count). The van der Waals surface area contributed by atoms with Crippen LogP contribution in [0.3, 0.4) is 0 Å². The third kappa shape index (κ3) is 3.36. The summed E-state index contributed by atoms with van der Waals surface area (Å²) in [5.41, 5.74) is -0.470. The molecule has 1 N–H and O–H groups in total. The molecular formula is C20H19NO7S. The summed E-state index contributed by atoms with van der Waals surface area (Å²) in [6.45, 7) is 0.259. The lowest BCUT2D eigenvalue weighted by atomic mass is 9.89. The van der Waals surface area contributed by atoms with Gasteiger partial charge in [-0.15, -0.1) is 0 Å². The first-order valence-corrected chi connectivity index (χ1v) is 10.4. The van der Waals surface area contributed by atoms with Crippen LogP contribution in [0, 0.1) is 0 Å². The van der Waals surface area contributed by atoms with Crippen molar-refractivity contribution in [3.63, 3.8) is 0 Å². The summed E-state index contributed by atoms with van der Waals surface area (Å²) < 4.78 is 38.5. The molecule has 0 saturated carbocycles. The van der Waals surface area contributed by atoms with Crippen LogP contribution in [0.4, 0.5) is 0 Å². The monoisotopic (exact) mass is 417 g/mol. The van der Waals surface area contributed by atoms with Gasteiger partial charge in [-0.25, -0.2) is 13.2 Å². The van der Waals surface area contributed by atoms with E-state index in [0.29, 0.717) is 23.5 Å². The van der Waals surface area contributed by atoms with Crippen LogP contribution in [-0.4, -0.2) is 55.4 Å². The third-order valence-electron chi connectivity index (χ3n) is 5.32. The van der Waals surface area contributed by atoms with Crippen molar-refractivity contribution in [1.29, 1.82) is 0 Å². The van der Waals surface area contributed by atoms with Crippen LogP contribution in [0.2, 0.25) is 0 Å². The molecule has 1 atom stereocenters. The number of hydrogen-bond acceptors (Lipinski definition) is 6. The molecule has 2 aromatic carbocycles. The minimum absolute atomic E-state index is 0.00632. The molecule has 0 radical (unpaired) electrons. The first-order chi connectivity index (χ1) is 13.7. The summed E-state index contributed by atoms with van der Waals surface area (Å²) in [6, 6.07) is 10.0. The molecule has 29 heavy (non-hydrogen) atoms. The second-order valence-corrected chi connectivity index (χ2v) is 9.10. The topological polar surface area (TPSA) is 110 Å². The number of ether oxygens (including phenoxy) is 2. The molecule has 0 aromatic heterocycles. The van der Waals surface area contributed by atoms with Gasteiger partial charge < -0.3 is 14.6 Å². The number of hydrogen-bond donors (Lipinski definition) is 1. The van der Waals surface area contributed by atoms with Gasteiger partial charge in [-0.3, -0.25) is 4.79 Å². The van der Waals surface area contributed by atoms with Gasteiger partial charge in [-0.2, -0.15) is 4.31 Å². The van der Waals surface area contributed by atoms with Gasteiger partial charge in [0, 0.05) is 13.0 Å². The van der Waals surface area contributed by atoms with Crippen molar-refractivity contribution >= 4 is 21.8 Å². The van der Waals surface area contributed by atoms with E-state index in [1.165, 1.54) is 35.7 Å². The number of fused-ring (bicyclic) bond motifs is 1. The number of carbonyl (C=O) groups excluding carboxylic acids is 1. The van der Waals surface area contributed by atoms with Crippen molar-refractivity contribution in [2.24, 2.45) is 0 Å². The summed E-state index contributed by atoms with van der Waals surface area (Å²) in [6.07, 6.45) is 0.466. The molecule has 9 heteroatoms. The summed E-state index contributed by atoms with van der Waals surface area (Å²) >= 11 is 0. The molecule has 1 unspecified atom stereocenters. The molecule has 1 saturated heterocycles. The SMILES string of the molecule is COc1ccc2c(c1)C(=O)CC1(CCN(S(=O)(=O)c3ccc(C(=O)O)cc3)C1)O2. The average Bonchev–Trinajstić information content (AvgIpc) is 3.11. The number of aromatic carboxylic acids is 1. The van der Waals surface area contributed by atoms with Crippen LogP contribution in [-0.2, 0) is 10.0 Å². The van der Waals surface area contributed by atoms with E-state index >= 15 is 0 Å². The minimum atomic E-state index is -3.83. The van der Waals surface area contributed by atoms with Crippen LogP contribution in [0.25, 0.3) is 0 Å². The third-order valence-corrected chi connectivity index (χ3v) is 7.18. The lowest BCUT2D eigenvalue weighted by molar-refractivity contribution is 0.0497. The highest BCUT2D eigenvalue weighted by atomic mass is 32.2. The number of ketones is 1. The summed E-state index contributed by atoms with van der Waals surface area (Å²) in [4.78, 5) is 23.7. The molecule has 2 aliphatic rings. The molecule has 0 bridgehead atoms. The minimum Gasteiger partial charge on any atom is -0.497 e. The van der Waals surface area contributed by atoms with Crippen molar-refractivity contribution in [2.45, 2.75) is 23.3 Å². The van der Waals surface area contributed by atoms with Crippen molar-refractivity contribution in [2.75, 3.05) is 20.2 Å². The first kappa shape index (κ1) is 19.4. The van der Waals surface area contributed by atoms with Gasteiger partial charge in [0.1, 0.15) is 17.1 Å². The predicted molar refractivity (Wildman–Crippen MR) is 102 cm³/mol. The zero-order valence-electron chi connectivity index (χ0n) is 15.6. The Labute approximate surface area is 167 Å². The van der Waals surface area contributed by atoms with Gasteiger partial charge in [-0.1, -0.05) is 0 Å². The van der Waals surface area contributed by atoms with Gasteiger partial charge in [0.2, 0.25) is 10.0 Å². The Bertz CT molecular complexity index is 1090. The Hall–Kier alpha value is -2.91. The highest BCUT2D eigenvalue weighted by Gasteiger charge is 2.49. The van der Waals surface area contributed by atoms with E-state index in [9.17, 15) is 18.0 Å². The smallest absolute Gasteiger partial charge is 0.335 e. The normalized spacial score (nSPS) is 21.6. The molecule has 8 nitrogen and oxygen atoms in total. The Morgan fingerprint density at radius 3 is 2.59 bits per heavy atom. The lowest BCUT2D eigenvalue weighted by Crippen LogP contribution is -2.45. The summed E-state index contributed by atoms with van der Waals surface area (Å²) in [5.74, 6) is -0.266. The van der Waals surface area contributed by atoms with Crippen LogP contribution in [0.1, 0.15) is 33.6 Å². The molecule has 1 fully saturated rings. The fraction of sp³-hybridized carbons (Fsp3) is 0.300. The molecule has 1 spiro atoms. The van der Waals surface area contributed by atoms with E-state index in [4.69, 9.17) is 14.6 Å². The summed E-state index contributed by atoms with van der Waals surface area (Å²) in [7, 11) is -2.32. The number of carboxylic acid groups (broad SMARTS) is 1. The van der Waals surface area contributed by atoms with E-state index in [2.05, 4.69) is 0 Å². The van der Waals surface area contributed by atoms with Gasteiger partial charge in [-0.05, 0) is 42.5 Å². The van der Waals surface area contributed by atoms with Gasteiger partial charge in [0.15, 0.2) is 5.78 Å². The number of rotatable bonds is 4. The number of carbonyl (C=O) groups is 2. The number of methoxy groups -OCH3 is 1. The number of benzene rings is 2. The van der Waals surface area contributed by atoms with Crippen molar-refractivity contribution < 1.29 is 32.6 Å². The van der Waals surface area contributed by atoms with Crippen LogP contribution in [0.15, 0.2) is 47.4 Å². The van der Waals surface area contributed by atoms with Gasteiger partial charge >= 0.3 is 5.97 Å². The van der Waals surface area contributed by atoms with E-state index < -0.39 is 21.6 Å². The predicted octanol–water partition coefficient (Wildman–Crippen LogP) is 2.19. The Kier molecular flexibility index (Phi) is 4.59. The maximum absolute atomic E-state index is 13.0. The van der Waals surface area contributed by atoms with Gasteiger partial charge in [0.05, 0.1) is 36.1 Å². The van der Waals surface area contributed by atoms with Crippen LogP contribution in [0.5, 0.6) is 11.5 Å². The molecule has 152 valence electrons. The fourth-order valence-corrected chi connectivity index (χ4v) is 5.27. The number of Topliss-reactive ketones (excluding diaryl/α,β-unsaturated/α-hetero) is 1. The quantitative estimate of drug-likeness (QED) is 0.812. The molecule has 2 aliphatic heterocycles. The number of nitrogens with zero attached hydrogens (tertiary/aromatic N) is 1. The van der Waals surface area contributed by atoms with Crippen LogP contribution < -0.4 is 9.47 Å².